The zero-order chi connectivity index (χ0) is 34.0. The molecule has 254 valence electrons. The fraction of sp³-hybridized carbons (Fsp3) is 0.462. The van der Waals surface area contributed by atoms with Gasteiger partial charge in [-0.2, -0.15) is 0 Å². The number of aliphatic carboxylic acids is 1. The fourth-order valence-electron chi connectivity index (χ4n) is 7.17. The van der Waals surface area contributed by atoms with Gasteiger partial charge in [-0.05, 0) is 85.6 Å². The molecule has 2 aliphatic carbocycles. The van der Waals surface area contributed by atoms with E-state index >= 15 is 0 Å². The van der Waals surface area contributed by atoms with Crippen molar-refractivity contribution in [2.24, 2.45) is 17.8 Å². The highest BCUT2D eigenvalue weighted by atomic mass is 16.5. The maximum atomic E-state index is 13.2. The molecule has 2 amide bonds. The fourth-order valence-corrected chi connectivity index (χ4v) is 7.17. The van der Waals surface area contributed by atoms with Gasteiger partial charge < -0.3 is 20.1 Å². The van der Waals surface area contributed by atoms with E-state index in [1.165, 1.54) is 49.0 Å². The molecule has 48 heavy (non-hydrogen) atoms. The summed E-state index contributed by atoms with van der Waals surface area (Å²) in [6.07, 6.45) is 16.7. The third kappa shape index (κ3) is 9.30. The first-order chi connectivity index (χ1) is 23.2. The molecule has 2 N–H and O–H groups in total. The number of carbonyl (C=O) groups is 3. The summed E-state index contributed by atoms with van der Waals surface area (Å²) >= 11 is 0. The van der Waals surface area contributed by atoms with Crippen LogP contribution in [0, 0.1) is 17.8 Å². The van der Waals surface area contributed by atoms with E-state index < -0.39 is 24.5 Å². The van der Waals surface area contributed by atoms with Crippen molar-refractivity contribution in [1.29, 1.82) is 0 Å². The number of rotatable bonds is 13. The lowest BCUT2D eigenvalue weighted by molar-refractivity contribution is -0.146. The van der Waals surface area contributed by atoms with Crippen LogP contribution in [0.25, 0.3) is 17.0 Å². The summed E-state index contributed by atoms with van der Waals surface area (Å²) in [6, 6.07) is 13.7. The van der Waals surface area contributed by atoms with Crippen LogP contribution in [0.2, 0.25) is 0 Å². The van der Waals surface area contributed by atoms with E-state index in [9.17, 15) is 19.5 Å². The van der Waals surface area contributed by atoms with E-state index in [1.54, 1.807) is 38.3 Å². The van der Waals surface area contributed by atoms with Gasteiger partial charge in [0.2, 0.25) is 11.8 Å². The van der Waals surface area contributed by atoms with Gasteiger partial charge in [-0.25, -0.2) is 9.97 Å². The summed E-state index contributed by atoms with van der Waals surface area (Å²) < 4.78 is 5.15. The summed E-state index contributed by atoms with van der Waals surface area (Å²) in [7, 11) is 1.57. The molecule has 2 aromatic carbocycles. The molecule has 1 heterocycles. The van der Waals surface area contributed by atoms with Crippen LogP contribution >= 0.6 is 0 Å². The molecular formula is C39H48N4O5. The Morgan fingerprint density at radius 2 is 1.58 bits per heavy atom. The van der Waals surface area contributed by atoms with E-state index in [2.05, 4.69) is 28.3 Å². The van der Waals surface area contributed by atoms with Crippen molar-refractivity contribution in [2.75, 3.05) is 13.7 Å². The van der Waals surface area contributed by atoms with Crippen molar-refractivity contribution in [1.82, 2.24) is 20.2 Å². The van der Waals surface area contributed by atoms with Crippen molar-refractivity contribution in [2.45, 2.75) is 84.2 Å². The summed E-state index contributed by atoms with van der Waals surface area (Å²) in [5.74, 6) is 1.97. The molecule has 2 aliphatic rings. The lowest BCUT2D eigenvalue weighted by Gasteiger charge is -2.35. The SMILES string of the molecule is CC[C@H]1CC[C@H](C2CC=C(c3cnc(-c4ccc(CN(CC(=O)O)C(=O)[C@H](C)NC(=O)Cc5ccc(OC)cc5)cc4)nc3)CC2)CC1. The minimum atomic E-state index is -1.13. The Balaban J connectivity index is 1.15. The number of amides is 2. The number of nitrogens with one attached hydrogen (secondary N) is 1. The van der Waals surface area contributed by atoms with Crippen molar-refractivity contribution in [3.63, 3.8) is 0 Å². The first-order valence-corrected chi connectivity index (χ1v) is 17.3. The third-order valence-electron chi connectivity index (χ3n) is 10.1. The number of carboxylic acids is 1. The highest BCUT2D eigenvalue weighted by molar-refractivity contribution is 5.89. The first-order valence-electron chi connectivity index (χ1n) is 17.3. The number of hydrogen-bond acceptors (Lipinski definition) is 6. The Morgan fingerprint density at radius 3 is 2.17 bits per heavy atom. The number of nitrogens with zero attached hydrogens (tertiary/aromatic N) is 3. The van der Waals surface area contributed by atoms with Gasteiger partial charge in [0.25, 0.3) is 0 Å². The number of allylic oxidation sites excluding steroid dienone is 2. The Bertz CT molecular complexity index is 1560. The lowest BCUT2D eigenvalue weighted by Crippen LogP contribution is -2.48. The molecule has 9 heteroatoms. The second-order valence-corrected chi connectivity index (χ2v) is 13.3. The number of hydrogen-bond donors (Lipinski definition) is 2. The van der Waals surface area contributed by atoms with Crippen LogP contribution in [0.1, 0.15) is 81.9 Å². The Labute approximate surface area is 283 Å². The molecule has 9 nitrogen and oxygen atoms in total. The molecule has 0 aliphatic heterocycles. The second-order valence-electron chi connectivity index (χ2n) is 13.3. The van der Waals surface area contributed by atoms with Gasteiger partial charge in [-0.1, -0.05) is 68.7 Å². The van der Waals surface area contributed by atoms with Crippen LogP contribution < -0.4 is 10.1 Å². The Kier molecular flexibility index (Phi) is 12.0. The summed E-state index contributed by atoms with van der Waals surface area (Å²) in [5, 5.41) is 12.2. The number of benzene rings is 2. The van der Waals surface area contributed by atoms with Crippen molar-refractivity contribution < 1.29 is 24.2 Å². The highest BCUT2D eigenvalue weighted by Crippen LogP contribution is 2.41. The van der Waals surface area contributed by atoms with Crippen molar-refractivity contribution in [3.05, 3.63) is 83.7 Å². The van der Waals surface area contributed by atoms with Crippen LogP contribution in [-0.2, 0) is 27.3 Å². The molecule has 1 unspecified atom stereocenters. The zero-order valence-electron chi connectivity index (χ0n) is 28.4. The van der Waals surface area contributed by atoms with Crippen LogP contribution in [0.3, 0.4) is 0 Å². The van der Waals surface area contributed by atoms with Crippen LogP contribution in [0.15, 0.2) is 67.0 Å². The smallest absolute Gasteiger partial charge is 0.323 e. The Hall–Kier alpha value is -4.53. The summed E-state index contributed by atoms with van der Waals surface area (Å²) in [5.41, 5.74) is 4.78. The van der Waals surface area contributed by atoms with Gasteiger partial charge in [0, 0.05) is 30.1 Å². The van der Waals surface area contributed by atoms with E-state index in [-0.39, 0.29) is 18.9 Å². The van der Waals surface area contributed by atoms with E-state index in [0.29, 0.717) is 11.6 Å². The predicted molar refractivity (Wildman–Crippen MR) is 186 cm³/mol. The summed E-state index contributed by atoms with van der Waals surface area (Å²) in [4.78, 5) is 48.0. The van der Waals surface area contributed by atoms with Crippen molar-refractivity contribution in [3.8, 4) is 17.1 Å². The van der Waals surface area contributed by atoms with Crippen LogP contribution in [0.5, 0.6) is 5.75 Å². The maximum Gasteiger partial charge on any atom is 0.323 e. The van der Waals surface area contributed by atoms with Crippen LogP contribution in [0.4, 0.5) is 0 Å². The molecule has 1 fully saturated rings. The highest BCUT2D eigenvalue weighted by Gasteiger charge is 2.28. The molecule has 0 saturated heterocycles. The molecule has 3 aromatic rings. The maximum absolute atomic E-state index is 13.2. The van der Waals surface area contributed by atoms with Gasteiger partial charge in [-0.3, -0.25) is 14.4 Å². The molecule has 1 saturated carbocycles. The third-order valence-corrected chi connectivity index (χ3v) is 10.1. The monoisotopic (exact) mass is 652 g/mol. The van der Waals surface area contributed by atoms with E-state index in [0.717, 1.165) is 52.8 Å². The van der Waals surface area contributed by atoms with Gasteiger partial charge in [0.1, 0.15) is 18.3 Å². The number of carbonyl (C=O) groups excluding carboxylic acids is 2. The molecule has 2 atom stereocenters. The minimum Gasteiger partial charge on any atom is -0.497 e. The molecule has 0 spiro atoms. The molecule has 5 rings (SSSR count). The van der Waals surface area contributed by atoms with Gasteiger partial charge in [0.05, 0.1) is 13.5 Å². The largest absolute Gasteiger partial charge is 0.497 e. The number of carboxylic acid groups (broad SMARTS) is 1. The topological polar surface area (TPSA) is 122 Å². The van der Waals surface area contributed by atoms with Gasteiger partial charge >= 0.3 is 5.97 Å². The standard InChI is InChI=1S/C39H48N4O5/c1-4-27-5-11-30(12-6-27)31-15-17-32(18-16-31)34-22-40-38(41-23-34)33-13-7-29(8-14-33)24-43(25-37(45)46)39(47)26(2)42-36(44)21-28-9-19-35(48-3)20-10-28/h7-10,13-14,17,19-20,22-23,26-27,30-31H,4-6,11-12,15-16,18,21,24-25H2,1-3H3,(H,42,44)(H,45,46)/t26-,27-,30-,31?/m0/s1. The predicted octanol–water partition coefficient (Wildman–Crippen LogP) is 6.71. The van der Waals surface area contributed by atoms with Gasteiger partial charge in [-0.15, -0.1) is 0 Å². The summed E-state index contributed by atoms with van der Waals surface area (Å²) in [6.45, 7) is 3.48. The van der Waals surface area contributed by atoms with Crippen molar-refractivity contribution >= 4 is 23.4 Å². The molecule has 0 bridgehead atoms. The molecule has 0 radical (unpaired) electrons. The number of aromatic nitrogens is 2. The second kappa shape index (κ2) is 16.5. The van der Waals surface area contributed by atoms with E-state index in [4.69, 9.17) is 4.74 Å². The first kappa shape index (κ1) is 34.8. The quantitative estimate of drug-likeness (QED) is 0.210. The van der Waals surface area contributed by atoms with E-state index in [1.807, 2.05) is 36.7 Å². The minimum absolute atomic E-state index is 0.0824. The number of methoxy groups -OCH3 is 1. The Morgan fingerprint density at radius 1 is 0.917 bits per heavy atom. The van der Waals surface area contributed by atoms with Gasteiger partial charge in [0.15, 0.2) is 5.82 Å². The number of ether oxygens (including phenoxy) is 1. The average molecular weight is 653 g/mol. The average Bonchev–Trinajstić information content (AvgIpc) is 3.11. The lowest BCUT2D eigenvalue weighted by atomic mass is 9.71. The van der Waals surface area contributed by atoms with Crippen LogP contribution in [-0.4, -0.2) is 57.5 Å². The normalized spacial score (nSPS) is 19.9. The molecular weight excluding hydrogens is 604 g/mol. The zero-order valence-corrected chi connectivity index (χ0v) is 28.4. The molecule has 1 aromatic heterocycles.